The summed E-state index contributed by atoms with van der Waals surface area (Å²) in [5.74, 6) is 5.45. The predicted octanol–water partition coefficient (Wildman–Crippen LogP) is 4.60. The van der Waals surface area contributed by atoms with Gasteiger partial charge in [-0.1, -0.05) is 49.8 Å². The number of fused-ring (bicyclic) bond motifs is 1. The molecule has 0 amide bonds. The monoisotopic (exact) mass is 338 g/mol. The summed E-state index contributed by atoms with van der Waals surface area (Å²) in [7, 11) is 0.250. The number of aliphatic carboxylic acids is 1. The zero-order chi connectivity index (χ0) is 17.7. The standard InChI is InChI=1S/C20H22O3Si/c1-23-14-19(20(21)22)17-9-5-8-16-11-10-15(13-18(16)17)7-6-12-24(2,3)4/h5,8-11,13-14H,12H2,1-4H3,(H,21,22). The van der Waals surface area contributed by atoms with Crippen LogP contribution in [0.5, 0.6) is 0 Å². The van der Waals surface area contributed by atoms with Crippen molar-refractivity contribution >= 4 is 30.4 Å². The second kappa shape index (κ2) is 7.37. The van der Waals surface area contributed by atoms with Crippen LogP contribution < -0.4 is 0 Å². The first kappa shape index (κ1) is 17.8. The Kier molecular flexibility index (Phi) is 5.48. The lowest BCUT2D eigenvalue weighted by molar-refractivity contribution is -0.130. The fraction of sp³-hybridized carbons (Fsp3) is 0.250. The highest BCUT2D eigenvalue weighted by atomic mass is 28.3. The number of ether oxygens (including phenoxy) is 1. The highest BCUT2D eigenvalue weighted by Crippen LogP contribution is 2.26. The van der Waals surface area contributed by atoms with E-state index < -0.39 is 14.0 Å². The minimum absolute atomic E-state index is 0.135. The third-order valence-corrected chi connectivity index (χ3v) is 4.73. The molecule has 2 rings (SSSR count). The zero-order valence-corrected chi connectivity index (χ0v) is 15.5. The second-order valence-electron chi connectivity index (χ2n) is 6.85. The van der Waals surface area contributed by atoms with Crippen LogP contribution in [-0.4, -0.2) is 26.3 Å². The Labute approximate surface area is 144 Å². The summed E-state index contributed by atoms with van der Waals surface area (Å²) in [5.41, 5.74) is 1.67. The van der Waals surface area contributed by atoms with Crippen LogP contribution in [0.15, 0.2) is 42.7 Å². The summed E-state index contributed by atoms with van der Waals surface area (Å²) >= 11 is 0. The van der Waals surface area contributed by atoms with E-state index in [1.54, 1.807) is 6.07 Å². The molecule has 0 atom stereocenters. The molecule has 124 valence electrons. The molecule has 0 saturated carbocycles. The van der Waals surface area contributed by atoms with Gasteiger partial charge in [0.1, 0.15) is 5.57 Å². The molecule has 0 spiro atoms. The van der Waals surface area contributed by atoms with Crippen LogP contribution in [0.4, 0.5) is 0 Å². The van der Waals surface area contributed by atoms with E-state index in [-0.39, 0.29) is 5.57 Å². The molecule has 3 nitrogen and oxygen atoms in total. The van der Waals surface area contributed by atoms with E-state index in [1.165, 1.54) is 13.4 Å². The SMILES string of the molecule is COC=C(C(=O)O)c1cccc2ccc(C#CC[Si](C)(C)C)cc12. The topological polar surface area (TPSA) is 46.5 Å². The molecular weight excluding hydrogens is 316 g/mol. The Bertz CT molecular complexity index is 849. The lowest BCUT2D eigenvalue weighted by Crippen LogP contribution is -2.17. The van der Waals surface area contributed by atoms with Gasteiger partial charge in [0.15, 0.2) is 0 Å². The number of carbonyl (C=O) groups is 1. The van der Waals surface area contributed by atoms with Crippen LogP contribution in [0.3, 0.4) is 0 Å². The Balaban J connectivity index is 2.53. The quantitative estimate of drug-likeness (QED) is 0.383. The largest absolute Gasteiger partial charge is 0.503 e. The average molecular weight is 338 g/mol. The van der Waals surface area contributed by atoms with E-state index in [9.17, 15) is 9.90 Å². The summed E-state index contributed by atoms with van der Waals surface area (Å²) in [5, 5.41) is 11.3. The van der Waals surface area contributed by atoms with Crippen molar-refractivity contribution in [1.82, 2.24) is 0 Å². The van der Waals surface area contributed by atoms with E-state index in [2.05, 4.69) is 31.5 Å². The maximum atomic E-state index is 11.5. The van der Waals surface area contributed by atoms with Crippen molar-refractivity contribution in [3.63, 3.8) is 0 Å². The van der Waals surface area contributed by atoms with Gasteiger partial charge in [0, 0.05) is 11.6 Å². The number of rotatable bonds is 4. The molecule has 0 radical (unpaired) electrons. The lowest BCUT2D eigenvalue weighted by atomic mass is 9.97. The maximum Gasteiger partial charge on any atom is 0.339 e. The molecule has 0 aliphatic heterocycles. The molecule has 0 aromatic heterocycles. The van der Waals surface area contributed by atoms with E-state index in [1.807, 2.05) is 30.3 Å². The van der Waals surface area contributed by atoms with Crippen LogP contribution >= 0.6 is 0 Å². The molecule has 2 aromatic carbocycles. The number of carboxylic acids is 1. The van der Waals surface area contributed by atoms with E-state index in [0.717, 1.165) is 22.4 Å². The molecule has 0 saturated heterocycles. The highest BCUT2D eigenvalue weighted by Gasteiger charge is 2.14. The Morgan fingerprint density at radius 3 is 2.62 bits per heavy atom. The number of hydrogen-bond donors (Lipinski definition) is 1. The Hall–Kier alpha value is -2.51. The van der Waals surface area contributed by atoms with Gasteiger partial charge in [-0.2, -0.15) is 0 Å². The molecule has 0 aliphatic rings. The number of carboxylic acid groups (broad SMARTS) is 1. The van der Waals surface area contributed by atoms with Crippen molar-refractivity contribution in [2.24, 2.45) is 0 Å². The zero-order valence-electron chi connectivity index (χ0n) is 14.5. The lowest BCUT2D eigenvalue weighted by Gasteiger charge is -2.10. The van der Waals surface area contributed by atoms with Crippen molar-refractivity contribution < 1.29 is 14.6 Å². The van der Waals surface area contributed by atoms with Gasteiger partial charge in [0.2, 0.25) is 0 Å². The summed E-state index contributed by atoms with van der Waals surface area (Å²) in [4.78, 5) is 11.5. The van der Waals surface area contributed by atoms with Crippen molar-refractivity contribution in [1.29, 1.82) is 0 Å². The third kappa shape index (κ3) is 4.50. The van der Waals surface area contributed by atoms with E-state index in [4.69, 9.17) is 4.74 Å². The molecule has 0 heterocycles. The highest BCUT2D eigenvalue weighted by molar-refractivity contribution is 6.76. The average Bonchev–Trinajstić information content (AvgIpc) is 2.50. The van der Waals surface area contributed by atoms with Crippen molar-refractivity contribution in [2.45, 2.75) is 25.7 Å². The number of methoxy groups -OCH3 is 1. The first-order chi connectivity index (χ1) is 11.3. The first-order valence-corrected chi connectivity index (χ1v) is 11.5. The van der Waals surface area contributed by atoms with Crippen LogP contribution in [0.2, 0.25) is 25.7 Å². The van der Waals surface area contributed by atoms with Crippen LogP contribution in [0, 0.1) is 11.8 Å². The van der Waals surface area contributed by atoms with E-state index >= 15 is 0 Å². The van der Waals surface area contributed by atoms with Gasteiger partial charge in [-0.15, -0.1) is 5.92 Å². The molecule has 0 aliphatic carbocycles. The van der Waals surface area contributed by atoms with Crippen LogP contribution in [-0.2, 0) is 9.53 Å². The van der Waals surface area contributed by atoms with Gasteiger partial charge in [0.05, 0.1) is 21.4 Å². The summed E-state index contributed by atoms with van der Waals surface area (Å²) in [6.45, 7) is 6.86. The van der Waals surface area contributed by atoms with E-state index in [0.29, 0.717) is 5.56 Å². The Morgan fingerprint density at radius 2 is 2.00 bits per heavy atom. The fourth-order valence-electron chi connectivity index (χ4n) is 2.34. The fourth-order valence-corrected chi connectivity index (χ4v) is 2.96. The van der Waals surface area contributed by atoms with Gasteiger partial charge < -0.3 is 9.84 Å². The molecule has 1 N–H and O–H groups in total. The molecule has 0 unspecified atom stereocenters. The molecule has 4 heteroatoms. The van der Waals surface area contributed by atoms with Gasteiger partial charge in [-0.05, 0) is 28.5 Å². The summed E-state index contributed by atoms with van der Waals surface area (Å²) < 4.78 is 4.93. The number of benzene rings is 2. The predicted molar refractivity (Wildman–Crippen MR) is 102 cm³/mol. The maximum absolute atomic E-state index is 11.5. The second-order valence-corrected chi connectivity index (χ2v) is 12.3. The molecule has 0 fully saturated rings. The molecule has 0 bridgehead atoms. The van der Waals surface area contributed by atoms with Crippen molar-refractivity contribution in [2.75, 3.05) is 7.11 Å². The van der Waals surface area contributed by atoms with Crippen LogP contribution in [0.1, 0.15) is 11.1 Å². The van der Waals surface area contributed by atoms with Gasteiger partial charge in [-0.3, -0.25) is 0 Å². The van der Waals surface area contributed by atoms with Crippen LogP contribution in [0.25, 0.3) is 16.3 Å². The summed E-state index contributed by atoms with van der Waals surface area (Å²) in [6.07, 6.45) is 1.26. The third-order valence-electron chi connectivity index (χ3n) is 3.49. The Morgan fingerprint density at radius 1 is 1.25 bits per heavy atom. The molecule has 2 aromatic rings. The molecule has 24 heavy (non-hydrogen) atoms. The first-order valence-electron chi connectivity index (χ1n) is 7.80. The number of hydrogen-bond acceptors (Lipinski definition) is 2. The van der Waals surface area contributed by atoms with Gasteiger partial charge in [0.25, 0.3) is 0 Å². The normalized spacial score (nSPS) is 11.8. The minimum atomic E-state index is -1.20. The molecular formula is C20H22O3Si. The minimum Gasteiger partial charge on any atom is -0.503 e. The van der Waals surface area contributed by atoms with Crippen molar-refractivity contribution in [3.05, 3.63) is 53.8 Å². The van der Waals surface area contributed by atoms with Crippen molar-refractivity contribution in [3.8, 4) is 11.8 Å². The summed E-state index contributed by atoms with van der Waals surface area (Å²) in [6, 6.07) is 12.4. The smallest absolute Gasteiger partial charge is 0.339 e. The van der Waals surface area contributed by atoms with Gasteiger partial charge >= 0.3 is 5.97 Å². The van der Waals surface area contributed by atoms with Gasteiger partial charge in [-0.25, -0.2) is 4.79 Å².